The van der Waals surface area contributed by atoms with E-state index in [2.05, 4.69) is 76.6 Å². The maximum Gasteiger partial charge on any atom is 0.115 e. The first kappa shape index (κ1) is 27.0. The van der Waals surface area contributed by atoms with Crippen LogP contribution in [0.5, 0.6) is 0 Å². The molecule has 37 heavy (non-hydrogen) atoms. The second-order valence-corrected chi connectivity index (χ2v) is 9.43. The monoisotopic (exact) mass is 556 g/mol. The fourth-order valence-electron chi connectivity index (χ4n) is 3.98. The van der Waals surface area contributed by atoms with Gasteiger partial charge in [-0.15, -0.1) is 0 Å². The van der Waals surface area contributed by atoms with Crippen molar-refractivity contribution in [3.63, 3.8) is 0 Å². The zero-order valence-corrected chi connectivity index (χ0v) is 22.5. The minimum Gasteiger partial charge on any atom is -0.370 e. The quantitative estimate of drug-likeness (QED) is 0.148. The van der Waals surface area contributed by atoms with Crippen LogP contribution >= 0.6 is 15.9 Å². The van der Waals surface area contributed by atoms with Crippen molar-refractivity contribution in [3.8, 4) is 0 Å². The van der Waals surface area contributed by atoms with Gasteiger partial charge in [-0.1, -0.05) is 149 Å². The third-order valence-corrected chi connectivity index (χ3v) is 6.64. The molecule has 4 rings (SSSR count). The Labute approximate surface area is 228 Å². The van der Waals surface area contributed by atoms with Gasteiger partial charge in [-0.05, 0) is 22.3 Å². The van der Waals surface area contributed by atoms with Gasteiger partial charge in [0, 0.05) is 5.33 Å². The average Bonchev–Trinajstić information content (AvgIpc) is 2.97. The molecule has 0 spiro atoms. The zero-order valence-electron chi connectivity index (χ0n) is 20.9. The van der Waals surface area contributed by atoms with Crippen LogP contribution in [-0.4, -0.2) is 23.6 Å². The largest absolute Gasteiger partial charge is 0.370 e. The van der Waals surface area contributed by atoms with E-state index in [4.69, 9.17) is 14.2 Å². The lowest BCUT2D eigenvalue weighted by molar-refractivity contribution is -0.130. The molecule has 0 aromatic heterocycles. The molecule has 4 aromatic carbocycles. The number of hydrogen-bond acceptors (Lipinski definition) is 3. The summed E-state index contributed by atoms with van der Waals surface area (Å²) in [7, 11) is 0. The van der Waals surface area contributed by atoms with Gasteiger partial charge in [0.05, 0.1) is 25.9 Å². The first-order valence-electron chi connectivity index (χ1n) is 12.6. The van der Waals surface area contributed by atoms with E-state index in [9.17, 15) is 0 Å². The van der Waals surface area contributed by atoms with E-state index < -0.39 is 0 Å². The number of rotatable bonds is 14. The van der Waals surface area contributed by atoms with Gasteiger partial charge in [-0.2, -0.15) is 0 Å². The van der Waals surface area contributed by atoms with E-state index in [1.807, 2.05) is 72.8 Å². The van der Waals surface area contributed by atoms with Crippen molar-refractivity contribution in [1.29, 1.82) is 0 Å². The fourth-order valence-corrected chi connectivity index (χ4v) is 4.54. The summed E-state index contributed by atoms with van der Waals surface area (Å²) >= 11 is 3.69. The van der Waals surface area contributed by atoms with E-state index in [1.165, 1.54) is 0 Å². The highest BCUT2D eigenvalue weighted by Crippen LogP contribution is 2.21. The fraction of sp³-hybridized carbons (Fsp3) is 0.212. The van der Waals surface area contributed by atoms with Crippen LogP contribution in [0.4, 0.5) is 0 Å². The van der Waals surface area contributed by atoms with Crippen molar-refractivity contribution in [1.82, 2.24) is 0 Å². The van der Waals surface area contributed by atoms with Crippen molar-refractivity contribution in [2.45, 2.75) is 38.1 Å². The van der Waals surface area contributed by atoms with Gasteiger partial charge in [0.15, 0.2) is 0 Å². The predicted octanol–water partition coefficient (Wildman–Crippen LogP) is 7.85. The summed E-state index contributed by atoms with van der Waals surface area (Å²) in [4.78, 5) is 0. The average molecular weight is 558 g/mol. The summed E-state index contributed by atoms with van der Waals surface area (Å²) in [5.41, 5.74) is 4.45. The first-order valence-corrected chi connectivity index (χ1v) is 13.7. The van der Waals surface area contributed by atoms with Crippen LogP contribution in [-0.2, 0) is 34.0 Å². The van der Waals surface area contributed by atoms with Gasteiger partial charge >= 0.3 is 0 Å². The Balaban J connectivity index is 1.58. The summed E-state index contributed by atoms with van der Waals surface area (Å²) in [5, 5.41) is 0.615. The van der Waals surface area contributed by atoms with Crippen molar-refractivity contribution in [2.75, 3.05) is 5.33 Å². The normalized spacial score (nSPS) is 13.9. The van der Waals surface area contributed by atoms with Crippen molar-refractivity contribution < 1.29 is 14.2 Å². The SMILES string of the molecule is BrC[C@@H](OCc1ccccc1)[C@@H](OCc1ccccc1)[C@H](/C=C/c1ccccc1)OCc1ccccc1. The second kappa shape index (κ2) is 15.3. The van der Waals surface area contributed by atoms with Crippen LogP contribution in [0.15, 0.2) is 127 Å². The number of benzene rings is 4. The maximum atomic E-state index is 6.58. The highest BCUT2D eigenvalue weighted by molar-refractivity contribution is 9.09. The lowest BCUT2D eigenvalue weighted by atomic mass is 10.1. The van der Waals surface area contributed by atoms with Gasteiger partial charge in [0.1, 0.15) is 12.2 Å². The topological polar surface area (TPSA) is 27.7 Å². The van der Waals surface area contributed by atoms with E-state index in [0.717, 1.165) is 22.3 Å². The minimum absolute atomic E-state index is 0.231. The van der Waals surface area contributed by atoms with E-state index in [1.54, 1.807) is 0 Å². The van der Waals surface area contributed by atoms with Gasteiger partial charge in [0.25, 0.3) is 0 Å². The Morgan fingerprint density at radius 3 is 1.46 bits per heavy atom. The maximum absolute atomic E-state index is 6.58. The molecule has 0 heterocycles. The smallest absolute Gasteiger partial charge is 0.115 e. The van der Waals surface area contributed by atoms with E-state index in [-0.39, 0.29) is 18.3 Å². The van der Waals surface area contributed by atoms with Gasteiger partial charge in [0.2, 0.25) is 0 Å². The van der Waals surface area contributed by atoms with Crippen molar-refractivity contribution >= 4 is 22.0 Å². The number of halogens is 1. The van der Waals surface area contributed by atoms with Crippen LogP contribution in [0.2, 0.25) is 0 Å². The van der Waals surface area contributed by atoms with E-state index >= 15 is 0 Å². The van der Waals surface area contributed by atoms with E-state index in [0.29, 0.717) is 25.2 Å². The zero-order chi connectivity index (χ0) is 25.5. The number of ether oxygens (including phenoxy) is 3. The van der Waals surface area contributed by atoms with Crippen LogP contribution in [0.25, 0.3) is 6.08 Å². The molecule has 0 saturated heterocycles. The number of alkyl halides is 1. The Morgan fingerprint density at radius 1 is 0.541 bits per heavy atom. The molecule has 3 atom stereocenters. The highest BCUT2D eigenvalue weighted by atomic mass is 79.9. The van der Waals surface area contributed by atoms with Gasteiger partial charge in [-0.3, -0.25) is 0 Å². The molecular weight excluding hydrogens is 524 g/mol. The second-order valence-electron chi connectivity index (χ2n) is 8.78. The molecule has 4 heteroatoms. The molecule has 190 valence electrons. The molecule has 3 nitrogen and oxygen atoms in total. The Kier molecular flexibility index (Phi) is 11.2. The lowest BCUT2D eigenvalue weighted by Gasteiger charge is -2.32. The van der Waals surface area contributed by atoms with Crippen LogP contribution < -0.4 is 0 Å². The van der Waals surface area contributed by atoms with Crippen molar-refractivity contribution in [2.24, 2.45) is 0 Å². The Morgan fingerprint density at radius 2 is 0.973 bits per heavy atom. The number of hydrogen-bond donors (Lipinski definition) is 0. The molecule has 0 bridgehead atoms. The first-order chi connectivity index (χ1) is 18.3. The molecular formula is C33H33BrO3. The summed E-state index contributed by atoms with van der Waals surface area (Å²) in [5.74, 6) is 0. The molecule has 0 radical (unpaired) electrons. The third kappa shape index (κ3) is 9.10. The van der Waals surface area contributed by atoms with Crippen LogP contribution in [0, 0.1) is 0 Å². The summed E-state index contributed by atoms with van der Waals surface area (Å²) < 4.78 is 19.5. The molecule has 0 amide bonds. The van der Waals surface area contributed by atoms with Crippen molar-refractivity contribution in [3.05, 3.63) is 150 Å². The highest BCUT2D eigenvalue weighted by Gasteiger charge is 2.30. The molecule has 0 N–H and O–H groups in total. The molecule has 0 unspecified atom stereocenters. The molecule has 0 aliphatic heterocycles. The summed E-state index contributed by atoms with van der Waals surface area (Å²) in [6.07, 6.45) is 3.28. The standard InChI is InChI=1S/C33H33BrO3/c34-23-32(36-25-29-17-9-3-10-18-29)33(37-26-30-19-11-4-12-20-30)31(22-21-27-13-5-1-6-14-27)35-24-28-15-7-2-8-16-28/h1-22,31-33H,23-26H2/b22-21+/t31-,32+,33-/m0/s1. The lowest BCUT2D eigenvalue weighted by Crippen LogP contribution is -2.42. The Hall–Kier alpha value is -3.02. The van der Waals surface area contributed by atoms with Gasteiger partial charge in [-0.25, -0.2) is 0 Å². The predicted molar refractivity (Wildman–Crippen MR) is 154 cm³/mol. The molecule has 0 aliphatic rings. The van der Waals surface area contributed by atoms with Gasteiger partial charge < -0.3 is 14.2 Å². The third-order valence-electron chi connectivity index (χ3n) is 6.00. The minimum atomic E-state index is -0.341. The molecule has 0 saturated carbocycles. The molecule has 0 aliphatic carbocycles. The molecule has 0 fully saturated rings. The molecule has 4 aromatic rings. The van der Waals surface area contributed by atoms with Crippen LogP contribution in [0.1, 0.15) is 22.3 Å². The van der Waals surface area contributed by atoms with Crippen LogP contribution in [0.3, 0.4) is 0 Å². The summed E-state index contributed by atoms with van der Waals surface area (Å²) in [6, 6.07) is 40.9. The Bertz CT molecular complexity index is 1170. The summed E-state index contributed by atoms with van der Waals surface area (Å²) in [6.45, 7) is 1.44.